The Hall–Kier alpha value is -3.04. The van der Waals surface area contributed by atoms with Crippen LogP contribution < -0.4 is 10.7 Å². The number of hydrogen-bond donors (Lipinski definition) is 2. The predicted molar refractivity (Wildman–Crippen MR) is 119 cm³/mol. The third-order valence-electron chi connectivity index (χ3n) is 3.95. The monoisotopic (exact) mass is 488 g/mol. The quantitative estimate of drug-likeness (QED) is 0.378. The second kappa shape index (κ2) is 10.1. The van der Waals surface area contributed by atoms with Gasteiger partial charge in [-0.05, 0) is 46.6 Å². The summed E-state index contributed by atoms with van der Waals surface area (Å²) in [5.74, 6) is -0.600. The van der Waals surface area contributed by atoms with Gasteiger partial charge in [-0.1, -0.05) is 37.1 Å². The lowest BCUT2D eigenvalue weighted by Gasteiger charge is -2.11. The van der Waals surface area contributed by atoms with E-state index in [4.69, 9.17) is 11.6 Å². The van der Waals surface area contributed by atoms with E-state index in [1.165, 1.54) is 10.7 Å². The summed E-state index contributed by atoms with van der Waals surface area (Å²) in [6.45, 7) is 2.01. The van der Waals surface area contributed by atoms with Crippen molar-refractivity contribution in [3.63, 3.8) is 0 Å². The van der Waals surface area contributed by atoms with Crippen LogP contribution in [0.4, 0.5) is 5.69 Å². The lowest BCUT2D eigenvalue weighted by molar-refractivity contribution is 0.0956. The van der Waals surface area contributed by atoms with Crippen molar-refractivity contribution in [3.8, 4) is 5.82 Å². The average Bonchev–Trinajstić information content (AvgIpc) is 3.13. The Balaban J connectivity index is 1.86. The normalized spacial score (nSPS) is 10.9. The first-order chi connectivity index (χ1) is 14.5. The largest absolute Gasteiger partial charge is 0.320 e. The van der Waals surface area contributed by atoms with Gasteiger partial charge in [0.25, 0.3) is 11.8 Å². The number of anilines is 1. The van der Waals surface area contributed by atoms with Gasteiger partial charge in [0.1, 0.15) is 10.3 Å². The number of aromatic nitrogens is 3. The van der Waals surface area contributed by atoms with E-state index < -0.39 is 11.8 Å². The minimum absolute atomic E-state index is 0.193. The van der Waals surface area contributed by atoms with Crippen molar-refractivity contribution in [1.29, 1.82) is 0 Å². The molecular weight excluding hydrogens is 472 g/mol. The lowest BCUT2D eigenvalue weighted by atomic mass is 10.1. The number of pyridine rings is 1. The molecular formula is C20H18BrClN6O2. The molecule has 154 valence electrons. The van der Waals surface area contributed by atoms with Gasteiger partial charge < -0.3 is 5.32 Å². The van der Waals surface area contributed by atoms with Crippen LogP contribution in [0.25, 0.3) is 5.82 Å². The number of benzene rings is 1. The summed E-state index contributed by atoms with van der Waals surface area (Å²) in [5, 5.41) is 11.2. The molecule has 2 amide bonds. The van der Waals surface area contributed by atoms with Gasteiger partial charge in [-0.25, -0.2) is 15.1 Å². The van der Waals surface area contributed by atoms with E-state index >= 15 is 0 Å². The smallest absolute Gasteiger partial charge is 0.274 e. The highest BCUT2D eigenvalue weighted by molar-refractivity contribution is 9.10. The van der Waals surface area contributed by atoms with E-state index in [-0.39, 0.29) is 11.3 Å². The Morgan fingerprint density at radius 1 is 1.23 bits per heavy atom. The second-order valence-corrected chi connectivity index (χ2v) is 7.33. The Morgan fingerprint density at radius 2 is 2.03 bits per heavy atom. The third kappa shape index (κ3) is 5.11. The number of hydrogen-bond acceptors (Lipinski definition) is 5. The number of amides is 2. The number of unbranched alkanes of at least 4 members (excludes halogenated alkanes) is 1. The van der Waals surface area contributed by atoms with Gasteiger partial charge in [-0.15, -0.1) is 0 Å². The molecule has 10 heteroatoms. The standard InChI is InChI=1S/C20H18BrClN6O2/c1-2-3-11-24-26-19(29)13-7-4-5-9-15(13)25-20(30)16-12-17(21)27-28(16)18-14(22)8-6-10-23-18/h4-12H,2-3H2,1H3,(H,25,30)(H,26,29)/b24-11+. The van der Waals surface area contributed by atoms with Crippen molar-refractivity contribution in [2.75, 3.05) is 5.32 Å². The summed E-state index contributed by atoms with van der Waals surface area (Å²) in [4.78, 5) is 29.6. The zero-order valence-electron chi connectivity index (χ0n) is 16.0. The van der Waals surface area contributed by atoms with Crippen molar-refractivity contribution in [2.24, 2.45) is 5.10 Å². The summed E-state index contributed by atoms with van der Waals surface area (Å²) in [6, 6.07) is 11.5. The molecule has 2 heterocycles. The van der Waals surface area contributed by atoms with Crippen LogP contribution in [0.5, 0.6) is 0 Å². The fourth-order valence-electron chi connectivity index (χ4n) is 2.54. The van der Waals surface area contributed by atoms with Crippen LogP contribution in [0.1, 0.15) is 40.6 Å². The molecule has 0 atom stereocenters. The lowest BCUT2D eigenvalue weighted by Crippen LogP contribution is -2.22. The van der Waals surface area contributed by atoms with Gasteiger partial charge in [0.05, 0.1) is 16.3 Å². The van der Waals surface area contributed by atoms with Gasteiger partial charge in [0, 0.05) is 18.5 Å². The Kier molecular flexibility index (Phi) is 7.31. The van der Waals surface area contributed by atoms with Crippen LogP contribution in [0.15, 0.2) is 58.4 Å². The predicted octanol–water partition coefficient (Wildman–Crippen LogP) is 4.45. The molecule has 0 saturated carbocycles. The van der Waals surface area contributed by atoms with Crippen LogP contribution in [0, 0.1) is 0 Å². The van der Waals surface area contributed by atoms with E-state index in [9.17, 15) is 9.59 Å². The highest BCUT2D eigenvalue weighted by atomic mass is 79.9. The summed E-state index contributed by atoms with van der Waals surface area (Å²) in [7, 11) is 0. The van der Waals surface area contributed by atoms with Crippen LogP contribution in [0.3, 0.4) is 0 Å². The summed E-state index contributed by atoms with van der Waals surface area (Å²) >= 11 is 9.48. The van der Waals surface area contributed by atoms with Crippen LogP contribution >= 0.6 is 27.5 Å². The van der Waals surface area contributed by atoms with Crippen molar-refractivity contribution in [2.45, 2.75) is 19.8 Å². The average molecular weight is 490 g/mol. The molecule has 0 radical (unpaired) electrons. The Bertz CT molecular complexity index is 1100. The number of rotatable bonds is 7. The van der Waals surface area contributed by atoms with Gasteiger partial charge >= 0.3 is 0 Å². The van der Waals surface area contributed by atoms with Gasteiger partial charge in [0.2, 0.25) is 0 Å². The summed E-state index contributed by atoms with van der Waals surface area (Å²) in [5.41, 5.74) is 3.27. The molecule has 3 aromatic rings. The zero-order valence-corrected chi connectivity index (χ0v) is 18.3. The number of para-hydroxylation sites is 1. The van der Waals surface area contributed by atoms with Crippen molar-refractivity contribution in [1.82, 2.24) is 20.2 Å². The first-order valence-corrected chi connectivity index (χ1v) is 10.3. The Morgan fingerprint density at radius 3 is 2.80 bits per heavy atom. The molecule has 0 aliphatic rings. The van der Waals surface area contributed by atoms with Crippen LogP contribution in [-0.2, 0) is 0 Å². The fourth-order valence-corrected chi connectivity index (χ4v) is 3.12. The molecule has 0 bridgehead atoms. The van der Waals surface area contributed by atoms with Crippen LogP contribution in [-0.4, -0.2) is 32.8 Å². The molecule has 1 aromatic carbocycles. The summed E-state index contributed by atoms with van der Waals surface area (Å²) in [6.07, 6.45) is 4.87. The van der Waals surface area contributed by atoms with E-state index in [2.05, 4.69) is 41.9 Å². The first-order valence-electron chi connectivity index (χ1n) is 9.10. The molecule has 0 aliphatic heterocycles. The van der Waals surface area contributed by atoms with Crippen molar-refractivity contribution >= 4 is 51.2 Å². The maximum absolute atomic E-state index is 13.0. The minimum Gasteiger partial charge on any atom is -0.320 e. The maximum Gasteiger partial charge on any atom is 0.274 e. The number of nitrogens with one attached hydrogen (secondary N) is 2. The van der Waals surface area contributed by atoms with E-state index in [0.29, 0.717) is 21.1 Å². The van der Waals surface area contributed by atoms with Crippen molar-refractivity contribution < 1.29 is 9.59 Å². The molecule has 0 saturated heterocycles. The van der Waals surface area contributed by atoms with Gasteiger partial charge in [0.15, 0.2) is 5.82 Å². The number of carbonyl (C=O) groups is 2. The molecule has 2 aromatic heterocycles. The molecule has 3 rings (SSSR count). The molecule has 0 fully saturated rings. The molecule has 8 nitrogen and oxygen atoms in total. The van der Waals surface area contributed by atoms with Crippen molar-refractivity contribution in [3.05, 3.63) is 69.5 Å². The van der Waals surface area contributed by atoms with Gasteiger partial charge in [-0.3, -0.25) is 9.59 Å². The highest BCUT2D eigenvalue weighted by Gasteiger charge is 2.20. The number of nitrogens with zero attached hydrogens (tertiary/aromatic N) is 4. The Labute approximate surface area is 186 Å². The molecule has 0 unspecified atom stereocenters. The maximum atomic E-state index is 13.0. The summed E-state index contributed by atoms with van der Waals surface area (Å²) < 4.78 is 1.77. The van der Waals surface area contributed by atoms with Gasteiger partial charge in [-0.2, -0.15) is 10.2 Å². The minimum atomic E-state index is -0.482. The highest BCUT2D eigenvalue weighted by Crippen LogP contribution is 2.23. The molecule has 2 N–H and O–H groups in total. The molecule has 30 heavy (non-hydrogen) atoms. The number of halogens is 2. The topological polar surface area (TPSA) is 101 Å². The van der Waals surface area contributed by atoms with Crippen LogP contribution in [0.2, 0.25) is 5.02 Å². The van der Waals surface area contributed by atoms with E-state index in [1.54, 1.807) is 48.8 Å². The molecule has 0 aliphatic carbocycles. The SMILES string of the molecule is CCC/C=N/NC(=O)c1ccccc1NC(=O)c1cc(Br)nn1-c1ncccc1Cl. The third-order valence-corrected chi connectivity index (χ3v) is 4.63. The van der Waals surface area contributed by atoms with E-state index in [1.807, 2.05) is 6.92 Å². The zero-order chi connectivity index (χ0) is 21.5. The first kappa shape index (κ1) is 21.7. The number of carbonyl (C=O) groups excluding carboxylic acids is 2. The fraction of sp³-hybridized carbons (Fsp3) is 0.150. The number of hydrazone groups is 1. The second-order valence-electron chi connectivity index (χ2n) is 6.11. The van der Waals surface area contributed by atoms with E-state index in [0.717, 1.165) is 12.8 Å². The molecule has 0 spiro atoms.